The predicted molar refractivity (Wildman–Crippen MR) is 63.1 cm³/mol. The van der Waals surface area contributed by atoms with Crippen molar-refractivity contribution < 1.29 is 8.78 Å². The van der Waals surface area contributed by atoms with Gasteiger partial charge in [0.05, 0.1) is 5.38 Å². The molecule has 1 aromatic heterocycles. The summed E-state index contributed by atoms with van der Waals surface area (Å²) in [4.78, 5) is 0.853. The smallest absolute Gasteiger partial charge is 0.131 e. The van der Waals surface area contributed by atoms with Gasteiger partial charge in [-0.3, -0.25) is 0 Å². The topological polar surface area (TPSA) is 0 Å². The number of alkyl halides is 1. The van der Waals surface area contributed by atoms with E-state index in [0.717, 1.165) is 10.9 Å². The molecule has 0 nitrogen and oxygen atoms in total. The van der Waals surface area contributed by atoms with E-state index in [4.69, 9.17) is 11.6 Å². The maximum atomic E-state index is 13.6. The summed E-state index contributed by atoms with van der Waals surface area (Å²) in [6, 6.07) is 6.03. The van der Waals surface area contributed by atoms with Crippen molar-refractivity contribution in [3.63, 3.8) is 0 Å². The van der Waals surface area contributed by atoms with E-state index in [1.807, 2.05) is 17.5 Å². The Hall–Kier alpha value is -0.930. The molecule has 84 valence electrons. The second-order valence-corrected chi connectivity index (χ2v) is 4.92. The van der Waals surface area contributed by atoms with Crippen LogP contribution in [0.15, 0.2) is 29.6 Å². The number of aryl methyl sites for hydroxylation is 1. The van der Waals surface area contributed by atoms with E-state index in [1.165, 1.54) is 17.4 Å². The quantitative estimate of drug-likeness (QED) is 0.687. The van der Waals surface area contributed by atoms with Crippen molar-refractivity contribution in [2.75, 3.05) is 0 Å². The van der Waals surface area contributed by atoms with Crippen molar-refractivity contribution in [3.8, 4) is 0 Å². The van der Waals surface area contributed by atoms with Gasteiger partial charge in [0, 0.05) is 16.5 Å². The first-order valence-corrected chi connectivity index (χ1v) is 6.04. The Labute approximate surface area is 101 Å². The average Bonchev–Trinajstić information content (AvgIpc) is 2.75. The van der Waals surface area contributed by atoms with Gasteiger partial charge in [-0.05, 0) is 30.0 Å². The molecule has 0 N–H and O–H groups in total. The largest absolute Gasteiger partial charge is 0.207 e. The van der Waals surface area contributed by atoms with Crippen LogP contribution in [0, 0.1) is 18.6 Å². The molecule has 1 unspecified atom stereocenters. The third-order valence-corrected chi connectivity index (χ3v) is 3.88. The summed E-state index contributed by atoms with van der Waals surface area (Å²) in [7, 11) is 0. The van der Waals surface area contributed by atoms with E-state index in [-0.39, 0.29) is 0 Å². The molecule has 2 aromatic rings. The first kappa shape index (κ1) is 11.6. The Balaban J connectivity index is 2.44. The first-order valence-electron chi connectivity index (χ1n) is 4.72. The van der Waals surface area contributed by atoms with E-state index >= 15 is 0 Å². The van der Waals surface area contributed by atoms with Crippen molar-refractivity contribution >= 4 is 22.9 Å². The zero-order valence-electron chi connectivity index (χ0n) is 8.51. The van der Waals surface area contributed by atoms with E-state index in [0.29, 0.717) is 11.1 Å². The molecule has 0 fully saturated rings. The van der Waals surface area contributed by atoms with Crippen LogP contribution in [0.3, 0.4) is 0 Å². The number of benzene rings is 1. The highest BCUT2D eigenvalue weighted by atomic mass is 35.5. The minimum atomic E-state index is -0.600. The van der Waals surface area contributed by atoms with Gasteiger partial charge in [-0.2, -0.15) is 0 Å². The number of rotatable bonds is 2. The van der Waals surface area contributed by atoms with Crippen molar-refractivity contribution in [2.24, 2.45) is 0 Å². The van der Waals surface area contributed by atoms with Crippen LogP contribution in [-0.4, -0.2) is 0 Å². The van der Waals surface area contributed by atoms with Gasteiger partial charge in [0.25, 0.3) is 0 Å². The highest BCUT2D eigenvalue weighted by molar-refractivity contribution is 7.10. The summed E-state index contributed by atoms with van der Waals surface area (Å²) in [5.41, 5.74) is 0.724. The molecule has 0 aliphatic carbocycles. The lowest BCUT2D eigenvalue weighted by molar-refractivity contribution is 0.568. The standard InChI is InChI=1S/C12H9ClF2S/c1-7-5-8(10(15)6-9(7)14)12(13)11-3-2-4-16-11/h2-6,12H,1H3. The van der Waals surface area contributed by atoms with Crippen molar-refractivity contribution in [2.45, 2.75) is 12.3 Å². The van der Waals surface area contributed by atoms with Crippen molar-refractivity contribution in [1.82, 2.24) is 0 Å². The second-order valence-electron chi connectivity index (χ2n) is 3.50. The lowest BCUT2D eigenvalue weighted by atomic mass is 10.1. The molecule has 0 radical (unpaired) electrons. The highest BCUT2D eigenvalue weighted by Gasteiger charge is 2.17. The summed E-state index contributed by atoms with van der Waals surface area (Å²) in [6.45, 7) is 1.59. The Bertz CT molecular complexity index is 494. The van der Waals surface area contributed by atoms with Gasteiger partial charge in [-0.15, -0.1) is 22.9 Å². The lowest BCUT2D eigenvalue weighted by Gasteiger charge is -2.10. The zero-order valence-corrected chi connectivity index (χ0v) is 10.1. The first-order chi connectivity index (χ1) is 7.59. The molecule has 0 saturated heterocycles. The minimum absolute atomic E-state index is 0.322. The summed E-state index contributed by atoms with van der Waals surface area (Å²) in [5.74, 6) is -1.15. The molecule has 1 aromatic carbocycles. The molecule has 0 spiro atoms. The van der Waals surface area contributed by atoms with Crippen molar-refractivity contribution in [1.29, 1.82) is 0 Å². The molecular formula is C12H9ClF2S. The van der Waals surface area contributed by atoms with Crippen LogP contribution < -0.4 is 0 Å². The Morgan fingerprint density at radius 3 is 2.62 bits per heavy atom. The lowest BCUT2D eigenvalue weighted by Crippen LogP contribution is -1.98. The third kappa shape index (κ3) is 2.11. The molecule has 0 aliphatic rings. The fourth-order valence-electron chi connectivity index (χ4n) is 1.46. The molecule has 1 heterocycles. The fourth-order valence-corrected chi connectivity index (χ4v) is 2.57. The van der Waals surface area contributed by atoms with Gasteiger partial charge >= 0.3 is 0 Å². The molecule has 0 saturated carbocycles. The normalized spacial score (nSPS) is 12.8. The molecule has 4 heteroatoms. The van der Waals surface area contributed by atoms with Crippen LogP contribution in [0.25, 0.3) is 0 Å². The number of thiophene rings is 1. The number of hydrogen-bond acceptors (Lipinski definition) is 1. The Morgan fingerprint density at radius 2 is 2.00 bits per heavy atom. The van der Waals surface area contributed by atoms with Gasteiger partial charge in [0.2, 0.25) is 0 Å². The zero-order chi connectivity index (χ0) is 11.7. The van der Waals surface area contributed by atoms with Crippen LogP contribution >= 0.6 is 22.9 Å². The SMILES string of the molecule is Cc1cc(C(Cl)c2cccs2)c(F)cc1F. The molecular weight excluding hydrogens is 250 g/mol. The minimum Gasteiger partial charge on any atom is -0.207 e. The summed E-state index contributed by atoms with van der Waals surface area (Å²) in [5, 5.41) is 1.32. The molecule has 0 amide bonds. The monoisotopic (exact) mass is 258 g/mol. The molecule has 1 atom stereocenters. The van der Waals surface area contributed by atoms with Gasteiger partial charge in [0.1, 0.15) is 11.6 Å². The molecule has 16 heavy (non-hydrogen) atoms. The van der Waals surface area contributed by atoms with Gasteiger partial charge in [-0.1, -0.05) is 6.07 Å². The molecule has 0 aliphatic heterocycles. The molecule has 0 bridgehead atoms. The van der Waals surface area contributed by atoms with Gasteiger partial charge in [-0.25, -0.2) is 8.78 Å². The summed E-state index contributed by atoms with van der Waals surface area (Å²) < 4.78 is 26.6. The van der Waals surface area contributed by atoms with Crippen LogP contribution in [0.4, 0.5) is 8.78 Å². The second kappa shape index (κ2) is 4.52. The van der Waals surface area contributed by atoms with E-state index in [2.05, 4.69) is 0 Å². The van der Waals surface area contributed by atoms with Crippen LogP contribution in [0.1, 0.15) is 21.4 Å². The molecule has 2 rings (SSSR count). The van der Waals surface area contributed by atoms with Crippen molar-refractivity contribution in [3.05, 3.63) is 57.3 Å². The Morgan fingerprint density at radius 1 is 1.25 bits per heavy atom. The van der Waals surface area contributed by atoms with E-state index < -0.39 is 17.0 Å². The van der Waals surface area contributed by atoms with Crippen LogP contribution in [-0.2, 0) is 0 Å². The highest BCUT2D eigenvalue weighted by Crippen LogP contribution is 2.34. The third-order valence-electron chi connectivity index (χ3n) is 2.34. The number of hydrogen-bond donors (Lipinski definition) is 0. The average molecular weight is 259 g/mol. The number of halogens is 3. The van der Waals surface area contributed by atoms with Gasteiger partial charge < -0.3 is 0 Å². The van der Waals surface area contributed by atoms with E-state index in [1.54, 1.807) is 6.92 Å². The van der Waals surface area contributed by atoms with E-state index in [9.17, 15) is 8.78 Å². The Kier molecular flexibility index (Phi) is 3.26. The van der Waals surface area contributed by atoms with Crippen LogP contribution in [0.2, 0.25) is 0 Å². The van der Waals surface area contributed by atoms with Gasteiger partial charge in [0.15, 0.2) is 0 Å². The maximum Gasteiger partial charge on any atom is 0.131 e. The fraction of sp³-hybridized carbons (Fsp3) is 0.167. The summed E-state index contributed by atoms with van der Waals surface area (Å²) in [6.07, 6.45) is 0. The summed E-state index contributed by atoms with van der Waals surface area (Å²) >= 11 is 7.60. The van der Waals surface area contributed by atoms with Crippen LogP contribution in [0.5, 0.6) is 0 Å². The predicted octanol–water partition coefficient (Wildman–Crippen LogP) is 4.66. The maximum absolute atomic E-state index is 13.6.